The van der Waals surface area contributed by atoms with Gasteiger partial charge < -0.3 is 10.6 Å². The van der Waals surface area contributed by atoms with E-state index in [0.717, 1.165) is 21.8 Å². The molecular formula is C12H12BrN3. The molecule has 0 amide bonds. The number of aromatic nitrogens is 1. The molecule has 0 aliphatic carbocycles. The van der Waals surface area contributed by atoms with Crippen LogP contribution in [0.15, 0.2) is 46.9 Å². The first-order valence-electron chi connectivity index (χ1n) is 4.96. The molecule has 0 aliphatic heterocycles. The molecule has 0 saturated carbocycles. The first kappa shape index (κ1) is 11.0. The van der Waals surface area contributed by atoms with Crippen LogP contribution in [0, 0.1) is 0 Å². The molecule has 0 unspecified atom stereocenters. The number of anilines is 3. The molecule has 0 fully saturated rings. The van der Waals surface area contributed by atoms with Crippen molar-refractivity contribution in [3.8, 4) is 0 Å². The SMILES string of the molecule is CNc1cccc(Nc2ccccc2Br)n1. The van der Waals surface area contributed by atoms with Gasteiger partial charge in [-0.05, 0) is 40.2 Å². The monoisotopic (exact) mass is 277 g/mol. The average Bonchev–Trinajstić information content (AvgIpc) is 2.32. The van der Waals surface area contributed by atoms with Crippen molar-refractivity contribution in [2.75, 3.05) is 17.7 Å². The van der Waals surface area contributed by atoms with Gasteiger partial charge in [0.05, 0.1) is 5.69 Å². The Morgan fingerprint density at radius 1 is 1.00 bits per heavy atom. The van der Waals surface area contributed by atoms with Gasteiger partial charge in [-0.15, -0.1) is 0 Å². The number of nitrogens with one attached hydrogen (secondary N) is 2. The van der Waals surface area contributed by atoms with Crippen LogP contribution >= 0.6 is 15.9 Å². The molecule has 2 N–H and O–H groups in total. The highest BCUT2D eigenvalue weighted by atomic mass is 79.9. The molecule has 0 radical (unpaired) electrons. The Bertz CT molecular complexity index is 485. The number of halogens is 1. The van der Waals surface area contributed by atoms with Gasteiger partial charge in [0, 0.05) is 11.5 Å². The van der Waals surface area contributed by atoms with Gasteiger partial charge in [0.1, 0.15) is 11.6 Å². The van der Waals surface area contributed by atoms with Crippen molar-refractivity contribution in [3.05, 3.63) is 46.9 Å². The van der Waals surface area contributed by atoms with Gasteiger partial charge in [-0.3, -0.25) is 0 Å². The van der Waals surface area contributed by atoms with Crippen molar-refractivity contribution in [1.82, 2.24) is 4.98 Å². The fraction of sp³-hybridized carbons (Fsp3) is 0.0833. The Balaban J connectivity index is 2.24. The summed E-state index contributed by atoms with van der Waals surface area (Å²) in [4.78, 5) is 4.38. The maximum Gasteiger partial charge on any atom is 0.132 e. The van der Waals surface area contributed by atoms with Crippen LogP contribution in [0.25, 0.3) is 0 Å². The van der Waals surface area contributed by atoms with Crippen LogP contribution in [0.3, 0.4) is 0 Å². The largest absolute Gasteiger partial charge is 0.373 e. The van der Waals surface area contributed by atoms with Crippen molar-refractivity contribution in [2.45, 2.75) is 0 Å². The van der Waals surface area contributed by atoms with Crippen LogP contribution in [0.4, 0.5) is 17.3 Å². The van der Waals surface area contributed by atoms with Crippen LogP contribution < -0.4 is 10.6 Å². The fourth-order valence-electron chi connectivity index (χ4n) is 1.34. The van der Waals surface area contributed by atoms with E-state index in [4.69, 9.17) is 0 Å². The summed E-state index contributed by atoms with van der Waals surface area (Å²) < 4.78 is 1.02. The molecule has 0 aliphatic rings. The molecule has 82 valence electrons. The number of hydrogen-bond acceptors (Lipinski definition) is 3. The summed E-state index contributed by atoms with van der Waals surface area (Å²) in [6.45, 7) is 0. The normalized spacial score (nSPS) is 9.88. The summed E-state index contributed by atoms with van der Waals surface area (Å²) >= 11 is 3.48. The minimum atomic E-state index is 0.818. The standard InChI is InChI=1S/C12H12BrN3/c1-14-11-7-4-8-12(16-11)15-10-6-3-2-5-9(10)13/h2-8H,1H3,(H2,14,15,16). The van der Waals surface area contributed by atoms with Crippen molar-refractivity contribution in [1.29, 1.82) is 0 Å². The van der Waals surface area contributed by atoms with Gasteiger partial charge >= 0.3 is 0 Å². The smallest absolute Gasteiger partial charge is 0.132 e. The predicted molar refractivity (Wildman–Crippen MR) is 71.2 cm³/mol. The van der Waals surface area contributed by atoms with E-state index in [2.05, 4.69) is 31.5 Å². The lowest BCUT2D eigenvalue weighted by Gasteiger charge is -2.08. The van der Waals surface area contributed by atoms with E-state index in [1.165, 1.54) is 0 Å². The summed E-state index contributed by atoms with van der Waals surface area (Å²) in [5, 5.41) is 6.25. The maximum atomic E-state index is 4.38. The lowest BCUT2D eigenvalue weighted by molar-refractivity contribution is 1.27. The molecule has 3 nitrogen and oxygen atoms in total. The van der Waals surface area contributed by atoms with Gasteiger partial charge in [-0.2, -0.15) is 0 Å². The third-order valence-electron chi connectivity index (χ3n) is 2.14. The topological polar surface area (TPSA) is 37.0 Å². The molecule has 0 spiro atoms. The molecule has 16 heavy (non-hydrogen) atoms. The van der Waals surface area contributed by atoms with E-state index in [0.29, 0.717) is 0 Å². The minimum Gasteiger partial charge on any atom is -0.373 e. The highest BCUT2D eigenvalue weighted by Gasteiger charge is 2.00. The molecular weight excluding hydrogens is 266 g/mol. The third kappa shape index (κ3) is 2.52. The van der Waals surface area contributed by atoms with Crippen molar-refractivity contribution in [3.63, 3.8) is 0 Å². The number of rotatable bonds is 3. The molecule has 0 atom stereocenters. The van der Waals surface area contributed by atoms with E-state index in [1.54, 1.807) is 0 Å². The number of pyridine rings is 1. The van der Waals surface area contributed by atoms with Gasteiger partial charge in [0.15, 0.2) is 0 Å². The average molecular weight is 278 g/mol. The van der Waals surface area contributed by atoms with Crippen LogP contribution in [0.1, 0.15) is 0 Å². The lowest BCUT2D eigenvalue weighted by Crippen LogP contribution is -1.97. The second-order valence-electron chi connectivity index (χ2n) is 3.26. The maximum absolute atomic E-state index is 4.38. The molecule has 0 bridgehead atoms. The zero-order chi connectivity index (χ0) is 11.4. The predicted octanol–water partition coefficient (Wildman–Crippen LogP) is 3.63. The first-order chi connectivity index (χ1) is 7.79. The second-order valence-corrected chi connectivity index (χ2v) is 4.12. The number of para-hydroxylation sites is 1. The van der Waals surface area contributed by atoms with Gasteiger partial charge in [-0.25, -0.2) is 4.98 Å². The summed E-state index contributed by atoms with van der Waals surface area (Å²) in [5.74, 6) is 1.66. The zero-order valence-corrected chi connectivity index (χ0v) is 10.5. The van der Waals surface area contributed by atoms with Gasteiger partial charge in [0.2, 0.25) is 0 Å². The summed E-state index contributed by atoms with van der Waals surface area (Å²) in [6, 6.07) is 13.8. The number of benzene rings is 1. The second kappa shape index (κ2) is 4.99. The molecule has 4 heteroatoms. The highest BCUT2D eigenvalue weighted by Crippen LogP contribution is 2.24. The van der Waals surface area contributed by atoms with E-state index >= 15 is 0 Å². The molecule has 1 aromatic carbocycles. The quantitative estimate of drug-likeness (QED) is 0.900. The van der Waals surface area contributed by atoms with E-state index in [-0.39, 0.29) is 0 Å². The number of hydrogen-bond donors (Lipinski definition) is 2. The van der Waals surface area contributed by atoms with Crippen LogP contribution in [-0.2, 0) is 0 Å². The van der Waals surface area contributed by atoms with Crippen LogP contribution in [-0.4, -0.2) is 12.0 Å². The molecule has 2 rings (SSSR count). The van der Waals surface area contributed by atoms with Crippen LogP contribution in [0.2, 0.25) is 0 Å². The lowest BCUT2D eigenvalue weighted by atomic mass is 10.3. The summed E-state index contributed by atoms with van der Waals surface area (Å²) in [7, 11) is 1.85. The van der Waals surface area contributed by atoms with Gasteiger partial charge in [-0.1, -0.05) is 18.2 Å². The summed E-state index contributed by atoms with van der Waals surface area (Å²) in [5.41, 5.74) is 1.00. The fourth-order valence-corrected chi connectivity index (χ4v) is 1.73. The van der Waals surface area contributed by atoms with Crippen molar-refractivity contribution >= 4 is 33.3 Å². The minimum absolute atomic E-state index is 0.818. The van der Waals surface area contributed by atoms with Crippen molar-refractivity contribution < 1.29 is 0 Å². The van der Waals surface area contributed by atoms with Gasteiger partial charge in [0.25, 0.3) is 0 Å². The van der Waals surface area contributed by atoms with E-state index in [1.807, 2.05) is 49.5 Å². The summed E-state index contributed by atoms with van der Waals surface area (Å²) in [6.07, 6.45) is 0. The van der Waals surface area contributed by atoms with Crippen LogP contribution in [0.5, 0.6) is 0 Å². The molecule has 1 heterocycles. The van der Waals surface area contributed by atoms with E-state index in [9.17, 15) is 0 Å². The molecule has 2 aromatic rings. The third-order valence-corrected chi connectivity index (χ3v) is 2.83. The Labute approximate surface area is 103 Å². The highest BCUT2D eigenvalue weighted by molar-refractivity contribution is 9.10. The Kier molecular flexibility index (Phi) is 3.41. The Morgan fingerprint density at radius 2 is 1.75 bits per heavy atom. The first-order valence-corrected chi connectivity index (χ1v) is 5.75. The number of nitrogens with zero attached hydrogens (tertiary/aromatic N) is 1. The molecule has 1 aromatic heterocycles. The Morgan fingerprint density at radius 3 is 2.50 bits per heavy atom. The van der Waals surface area contributed by atoms with Crippen molar-refractivity contribution in [2.24, 2.45) is 0 Å². The zero-order valence-electron chi connectivity index (χ0n) is 8.87. The van der Waals surface area contributed by atoms with E-state index < -0.39 is 0 Å². The molecule has 0 saturated heterocycles. The Hall–Kier alpha value is -1.55.